The first kappa shape index (κ1) is 19.3. The van der Waals surface area contributed by atoms with Crippen LogP contribution in [0.5, 0.6) is 0 Å². The Morgan fingerprint density at radius 2 is 2.13 bits per heavy atom. The number of nitro benzene ring substituents is 1. The van der Waals surface area contributed by atoms with Gasteiger partial charge in [-0.25, -0.2) is 9.97 Å². The SMILES string of the molecule is C[C@@H]1CN(c2nc(-c3cnn(C)c3)ncc2C#N)CCN1c1cccc([N+](=O)[O-])c1. The molecule has 2 aromatic heterocycles. The van der Waals surface area contributed by atoms with Gasteiger partial charge in [-0.15, -0.1) is 0 Å². The summed E-state index contributed by atoms with van der Waals surface area (Å²) in [5, 5.41) is 24.8. The number of benzene rings is 1. The molecule has 10 nitrogen and oxygen atoms in total. The Labute approximate surface area is 173 Å². The second kappa shape index (κ2) is 7.79. The van der Waals surface area contributed by atoms with Gasteiger partial charge in [-0.05, 0) is 13.0 Å². The molecule has 4 rings (SSSR count). The molecular formula is C20H20N8O2. The van der Waals surface area contributed by atoms with Crippen LogP contribution in [0.15, 0.2) is 42.9 Å². The molecular weight excluding hydrogens is 384 g/mol. The number of aryl methyl sites for hydroxylation is 1. The smallest absolute Gasteiger partial charge is 0.271 e. The molecule has 1 atom stereocenters. The second-order valence-electron chi connectivity index (χ2n) is 7.21. The zero-order valence-corrected chi connectivity index (χ0v) is 16.6. The van der Waals surface area contributed by atoms with Gasteiger partial charge in [-0.3, -0.25) is 14.8 Å². The first-order valence-corrected chi connectivity index (χ1v) is 9.48. The lowest BCUT2D eigenvalue weighted by Gasteiger charge is -2.41. The molecule has 1 saturated heterocycles. The normalized spacial score (nSPS) is 16.4. The lowest BCUT2D eigenvalue weighted by atomic mass is 10.1. The Kier molecular flexibility index (Phi) is 5.02. The lowest BCUT2D eigenvalue weighted by molar-refractivity contribution is -0.384. The van der Waals surface area contributed by atoms with Gasteiger partial charge in [0, 0.05) is 56.7 Å². The molecule has 0 amide bonds. The number of anilines is 2. The average molecular weight is 404 g/mol. The minimum Gasteiger partial charge on any atom is -0.365 e. The van der Waals surface area contributed by atoms with Crippen molar-refractivity contribution in [2.75, 3.05) is 29.4 Å². The van der Waals surface area contributed by atoms with Gasteiger partial charge >= 0.3 is 0 Å². The molecule has 0 aliphatic carbocycles. The van der Waals surface area contributed by atoms with Crippen molar-refractivity contribution in [2.45, 2.75) is 13.0 Å². The van der Waals surface area contributed by atoms with E-state index >= 15 is 0 Å². The molecule has 1 aliphatic rings. The van der Waals surface area contributed by atoms with Gasteiger partial charge in [0.2, 0.25) is 0 Å². The summed E-state index contributed by atoms with van der Waals surface area (Å²) in [4.78, 5) is 23.9. The Hall–Kier alpha value is -4.00. The third kappa shape index (κ3) is 3.65. The molecule has 152 valence electrons. The molecule has 3 aromatic rings. The minimum absolute atomic E-state index is 0.0732. The maximum absolute atomic E-state index is 11.1. The third-order valence-electron chi connectivity index (χ3n) is 5.15. The number of rotatable bonds is 4. The highest BCUT2D eigenvalue weighted by Gasteiger charge is 2.27. The zero-order chi connectivity index (χ0) is 21.3. The summed E-state index contributed by atoms with van der Waals surface area (Å²) >= 11 is 0. The van der Waals surface area contributed by atoms with E-state index in [-0.39, 0.29) is 16.7 Å². The Balaban J connectivity index is 1.59. The molecule has 30 heavy (non-hydrogen) atoms. The number of nitrogens with zero attached hydrogens (tertiary/aromatic N) is 8. The highest BCUT2D eigenvalue weighted by Crippen LogP contribution is 2.28. The van der Waals surface area contributed by atoms with E-state index in [1.54, 1.807) is 29.2 Å². The monoisotopic (exact) mass is 404 g/mol. The van der Waals surface area contributed by atoms with Crippen molar-refractivity contribution in [1.82, 2.24) is 19.7 Å². The molecule has 0 bridgehead atoms. The van der Waals surface area contributed by atoms with Crippen LogP contribution in [0.25, 0.3) is 11.4 Å². The summed E-state index contributed by atoms with van der Waals surface area (Å²) in [7, 11) is 1.82. The van der Waals surface area contributed by atoms with E-state index in [2.05, 4.69) is 37.9 Å². The van der Waals surface area contributed by atoms with Gasteiger partial charge in [0.1, 0.15) is 11.6 Å². The number of hydrogen-bond donors (Lipinski definition) is 0. The average Bonchev–Trinajstić information content (AvgIpc) is 3.19. The number of non-ortho nitro benzene ring substituents is 1. The van der Waals surface area contributed by atoms with Gasteiger partial charge in [-0.2, -0.15) is 10.4 Å². The summed E-state index contributed by atoms with van der Waals surface area (Å²) in [5.74, 6) is 1.11. The lowest BCUT2D eigenvalue weighted by Crippen LogP contribution is -2.52. The van der Waals surface area contributed by atoms with E-state index in [0.29, 0.717) is 36.8 Å². The zero-order valence-electron chi connectivity index (χ0n) is 16.6. The van der Waals surface area contributed by atoms with Crippen LogP contribution in [0.1, 0.15) is 12.5 Å². The second-order valence-corrected chi connectivity index (χ2v) is 7.21. The Morgan fingerprint density at radius 1 is 1.30 bits per heavy atom. The van der Waals surface area contributed by atoms with Crippen molar-refractivity contribution in [1.29, 1.82) is 5.26 Å². The van der Waals surface area contributed by atoms with Crippen LogP contribution in [0, 0.1) is 21.4 Å². The molecule has 1 aliphatic heterocycles. The standard InChI is InChI=1S/C20H20N8O2/c1-14-12-26(6-7-27(14)17-4-3-5-18(8-17)28(29)30)20-15(9-21)10-22-19(24-20)16-11-23-25(2)13-16/h3-5,8,10-11,13-14H,6-7,12H2,1-2H3/t14-/m1/s1. The van der Waals surface area contributed by atoms with E-state index in [0.717, 1.165) is 11.3 Å². The van der Waals surface area contributed by atoms with E-state index in [9.17, 15) is 15.4 Å². The van der Waals surface area contributed by atoms with Crippen LogP contribution in [0.3, 0.4) is 0 Å². The quantitative estimate of drug-likeness (QED) is 0.480. The third-order valence-corrected chi connectivity index (χ3v) is 5.15. The first-order chi connectivity index (χ1) is 14.5. The van der Waals surface area contributed by atoms with E-state index in [1.807, 2.05) is 19.3 Å². The predicted octanol–water partition coefficient (Wildman–Crippen LogP) is 2.37. The van der Waals surface area contributed by atoms with Gasteiger partial charge in [0.15, 0.2) is 11.6 Å². The number of nitriles is 1. The van der Waals surface area contributed by atoms with Crippen LogP contribution >= 0.6 is 0 Å². The van der Waals surface area contributed by atoms with Crippen molar-refractivity contribution >= 4 is 17.2 Å². The number of hydrogen-bond acceptors (Lipinski definition) is 8. The highest BCUT2D eigenvalue weighted by molar-refractivity contribution is 5.62. The minimum atomic E-state index is -0.384. The number of piperazine rings is 1. The molecule has 0 N–H and O–H groups in total. The molecule has 1 fully saturated rings. The molecule has 3 heterocycles. The molecule has 0 unspecified atom stereocenters. The van der Waals surface area contributed by atoms with Crippen LogP contribution in [0.4, 0.5) is 17.2 Å². The van der Waals surface area contributed by atoms with Gasteiger partial charge in [0.25, 0.3) is 5.69 Å². The molecule has 10 heteroatoms. The molecule has 0 saturated carbocycles. The Morgan fingerprint density at radius 3 is 2.80 bits per heavy atom. The fraction of sp³-hybridized carbons (Fsp3) is 0.300. The topological polar surface area (TPSA) is 117 Å². The fourth-order valence-electron chi connectivity index (χ4n) is 3.69. The van der Waals surface area contributed by atoms with Crippen molar-refractivity contribution in [3.63, 3.8) is 0 Å². The molecule has 1 aromatic carbocycles. The van der Waals surface area contributed by atoms with Crippen LogP contribution in [-0.4, -0.2) is 50.3 Å². The number of aromatic nitrogens is 4. The largest absolute Gasteiger partial charge is 0.365 e. The van der Waals surface area contributed by atoms with Crippen molar-refractivity contribution in [3.8, 4) is 17.5 Å². The number of nitro groups is 1. The fourth-order valence-corrected chi connectivity index (χ4v) is 3.69. The highest BCUT2D eigenvalue weighted by atomic mass is 16.6. The van der Waals surface area contributed by atoms with Crippen molar-refractivity contribution in [2.24, 2.45) is 7.05 Å². The van der Waals surface area contributed by atoms with E-state index in [1.165, 1.54) is 6.07 Å². The van der Waals surface area contributed by atoms with Crippen LogP contribution < -0.4 is 9.80 Å². The van der Waals surface area contributed by atoms with Gasteiger partial charge in [-0.1, -0.05) is 6.07 Å². The predicted molar refractivity (Wildman–Crippen MR) is 111 cm³/mol. The molecule has 0 radical (unpaired) electrons. The first-order valence-electron chi connectivity index (χ1n) is 9.48. The van der Waals surface area contributed by atoms with Crippen LogP contribution in [0.2, 0.25) is 0 Å². The molecule has 0 spiro atoms. The Bertz CT molecular complexity index is 1140. The van der Waals surface area contributed by atoms with E-state index < -0.39 is 0 Å². The maximum Gasteiger partial charge on any atom is 0.271 e. The van der Waals surface area contributed by atoms with Crippen LogP contribution in [-0.2, 0) is 7.05 Å². The summed E-state index contributed by atoms with van der Waals surface area (Å²) in [6, 6.07) is 8.92. The summed E-state index contributed by atoms with van der Waals surface area (Å²) in [6.07, 6.45) is 5.06. The van der Waals surface area contributed by atoms with Crippen molar-refractivity contribution < 1.29 is 4.92 Å². The maximum atomic E-state index is 11.1. The summed E-state index contributed by atoms with van der Waals surface area (Å²) in [5.41, 5.74) is 2.09. The van der Waals surface area contributed by atoms with E-state index in [4.69, 9.17) is 0 Å². The van der Waals surface area contributed by atoms with Gasteiger partial charge < -0.3 is 9.80 Å². The van der Waals surface area contributed by atoms with Crippen molar-refractivity contribution in [3.05, 3.63) is 58.5 Å². The van der Waals surface area contributed by atoms with Gasteiger partial charge in [0.05, 0.1) is 22.9 Å². The summed E-state index contributed by atoms with van der Waals surface area (Å²) in [6.45, 7) is 3.96. The summed E-state index contributed by atoms with van der Waals surface area (Å²) < 4.78 is 1.68.